The van der Waals surface area contributed by atoms with Crippen LogP contribution in [0.25, 0.3) is 20.4 Å². The van der Waals surface area contributed by atoms with Gasteiger partial charge < -0.3 is 9.80 Å². The number of aromatic nitrogens is 2. The molecule has 1 aliphatic heterocycles. The zero-order valence-electron chi connectivity index (χ0n) is 16.2. The summed E-state index contributed by atoms with van der Waals surface area (Å²) in [5, 5.41) is 2.29. The highest BCUT2D eigenvalue weighted by molar-refractivity contribution is 7.98. The number of fused-ring (bicyclic) bond motifs is 2. The van der Waals surface area contributed by atoms with Crippen LogP contribution in [0, 0.1) is 13.8 Å². The van der Waals surface area contributed by atoms with Crippen molar-refractivity contribution in [1.29, 1.82) is 0 Å². The van der Waals surface area contributed by atoms with Crippen LogP contribution in [-0.4, -0.2) is 42.4 Å². The van der Waals surface area contributed by atoms with E-state index in [0.717, 1.165) is 47.5 Å². The summed E-state index contributed by atoms with van der Waals surface area (Å²) in [7, 11) is 0. The lowest BCUT2D eigenvalue weighted by Gasteiger charge is -2.34. The molecule has 0 saturated carbocycles. The Balaban J connectivity index is 1.34. The molecule has 4 nitrogen and oxygen atoms in total. The number of thiazole rings is 2. The van der Waals surface area contributed by atoms with Gasteiger partial charge in [0.2, 0.25) is 0 Å². The first-order valence-corrected chi connectivity index (χ1v) is 12.3. The van der Waals surface area contributed by atoms with E-state index < -0.39 is 0 Å². The van der Waals surface area contributed by atoms with Crippen molar-refractivity contribution in [1.82, 2.24) is 9.97 Å². The maximum absolute atomic E-state index is 4.92. The summed E-state index contributed by atoms with van der Waals surface area (Å²) in [6.45, 7) is 8.29. The van der Waals surface area contributed by atoms with E-state index >= 15 is 0 Å². The molecular weight excluding hydrogens is 404 g/mol. The van der Waals surface area contributed by atoms with Crippen LogP contribution in [0.3, 0.4) is 0 Å². The number of nitrogens with zero attached hydrogens (tertiary/aromatic N) is 4. The number of benzene rings is 2. The van der Waals surface area contributed by atoms with Crippen LogP contribution in [0.2, 0.25) is 0 Å². The molecule has 0 N–H and O–H groups in total. The molecule has 2 aromatic carbocycles. The highest BCUT2D eigenvalue weighted by atomic mass is 32.2. The molecule has 2 aromatic heterocycles. The number of aryl methyl sites for hydroxylation is 2. The second kappa shape index (κ2) is 7.21. The van der Waals surface area contributed by atoms with Gasteiger partial charge in [0, 0.05) is 31.1 Å². The van der Waals surface area contributed by atoms with Gasteiger partial charge in [-0.1, -0.05) is 28.7 Å². The van der Waals surface area contributed by atoms with Crippen LogP contribution < -0.4 is 9.80 Å². The minimum absolute atomic E-state index is 0.989. The Labute approximate surface area is 177 Å². The molecule has 0 aliphatic carbocycles. The average Bonchev–Trinajstić information content (AvgIpc) is 3.31. The van der Waals surface area contributed by atoms with E-state index in [4.69, 9.17) is 9.97 Å². The first kappa shape index (κ1) is 18.2. The van der Waals surface area contributed by atoms with Crippen LogP contribution in [0.4, 0.5) is 10.3 Å². The van der Waals surface area contributed by atoms with Crippen molar-refractivity contribution in [3.05, 3.63) is 41.5 Å². The molecule has 1 fully saturated rings. The predicted molar refractivity (Wildman–Crippen MR) is 125 cm³/mol. The van der Waals surface area contributed by atoms with Gasteiger partial charge in [0.25, 0.3) is 0 Å². The normalized spacial score (nSPS) is 15.1. The number of anilines is 2. The molecule has 0 atom stereocenters. The van der Waals surface area contributed by atoms with Gasteiger partial charge >= 0.3 is 0 Å². The highest BCUT2D eigenvalue weighted by Gasteiger charge is 2.22. The summed E-state index contributed by atoms with van der Waals surface area (Å²) in [5.41, 5.74) is 4.86. The number of hydrogen-bond acceptors (Lipinski definition) is 7. The van der Waals surface area contributed by atoms with Gasteiger partial charge in [-0.25, -0.2) is 9.97 Å². The summed E-state index contributed by atoms with van der Waals surface area (Å²) in [5.74, 6) is 0. The van der Waals surface area contributed by atoms with E-state index in [0.29, 0.717) is 0 Å². The van der Waals surface area contributed by atoms with Crippen LogP contribution >= 0.6 is 34.4 Å². The van der Waals surface area contributed by atoms with Crippen molar-refractivity contribution in [2.24, 2.45) is 0 Å². The van der Waals surface area contributed by atoms with Crippen molar-refractivity contribution in [2.75, 3.05) is 42.2 Å². The fourth-order valence-electron chi connectivity index (χ4n) is 3.74. The van der Waals surface area contributed by atoms with Gasteiger partial charge in [-0.3, -0.25) is 0 Å². The molecule has 4 aromatic rings. The first-order valence-electron chi connectivity index (χ1n) is 9.43. The zero-order chi connectivity index (χ0) is 19.3. The molecule has 0 radical (unpaired) electrons. The van der Waals surface area contributed by atoms with Gasteiger partial charge in [-0.15, -0.1) is 11.8 Å². The summed E-state index contributed by atoms with van der Waals surface area (Å²) in [4.78, 5) is 15.9. The molecule has 5 rings (SSSR count). The van der Waals surface area contributed by atoms with Gasteiger partial charge in [0.15, 0.2) is 10.3 Å². The van der Waals surface area contributed by atoms with E-state index in [1.165, 1.54) is 25.4 Å². The van der Waals surface area contributed by atoms with Crippen LogP contribution in [-0.2, 0) is 0 Å². The summed E-state index contributed by atoms with van der Waals surface area (Å²) in [6, 6.07) is 11.0. The molecule has 144 valence electrons. The molecule has 0 bridgehead atoms. The van der Waals surface area contributed by atoms with Crippen molar-refractivity contribution in [2.45, 2.75) is 18.7 Å². The number of piperazine rings is 1. The van der Waals surface area contributed by atoms with E-state index in [1.54, 1.807) is 11.8 Å². The predicted octanol–water partition coefficient (Wildman–Crippen LogP) is 5.57. The molecule has 0 unspecified atom stereocenters. The maximum Gasteiger partial charge on any atom is 0.186 e. The first-order chi connectivity index (χ1) is 13.6. The third kappa shape index (κ3) is 3.25. The molecule has 1 aliphatic rings. The fourth-order valence-corrected chi connectivity index (χ4v) is 6.38. The SMILES string of the molecule is CSc1ccc2nc(N3CCN(c4nc5cc(C)cc(C)c5s4)CC3)sc2c1. The van der Waals surface area contributed by atoms with Gasteiger partial charge in [-0.2, -0.15) is 0 Å². The Morgan fingerprint density at radius 2 is 1.54 bits per heavy atom. The number of rotatable bonds is 3. The minimum atomic E-state index is 0.989. The second-order valence-corrected chi connectivity index (χ2v) is 10.1. The van der Waals surface area contributed by atoms with E-state index in [-0.39, 0.29) is 0 Å². The van der Waals surface area contributed by atoms with E-state index in [1.807, 2.05) is 22.7 Å². The molecule has 3 heterocycles. The summed E-state index contributed by atoms with van der Waals surface area (Å²) in [6.07, 6.45) is 2.12. The second-order valence-electron chi connectivity index (χ2n) is 7.23. The lowest BCUT2D eigenvalue weighted by molar-refractivity contribution is 0.651. The van der Waals surface area contributed by atoms with E-state index in [2.05, 4.69) is 60.2 Å². The minimum Gasteiger partial charge on any atom is -0.345 e. The van der Waals surface area contributed by atoms with Crippen LogP contribution in [0.15, 0.2) is 35.2 Å². The Morgan fingerprint density at radius 3 is 2.25 bits per heavy atom. The third-order valence-corrected chi connectivity index (χ3v) is 8.29. The monoisotopic (exact) mass is 426 g/mol. The smallest absolute Gasteiger partial charge is 0.186 e. The van der Waals surface area contributed by atoms with Gasteiger partial charge in [0.05, 0.1) is 20.4 Å². The van der Waals surface area contributed by atoms with Gasteiger partial charge in [-0.05, 0) is 55.5 Å². The maximum atomic E-state index is 4.92. The zero-order valence-corrected chi connectivity index (χ0v) is 18.7. The topological polar surface area (TPSA) is 32.3 Å². The van der Waals surface area contributed by atoms with Crippen LogP contribution in [0.1, 0.15) is 11.1 Å². The Hall–Kier alpha value is -1.83. The Bertz CT molecular complexity index is 1160. The fraction of sp³-hybridized carbons (Fsp3) is 0.333. The van der Waals surface area contributed by atoms with Crippen molar-refractivity contribution >= 4 is 65.1 Å². The quantitative estimate of drug-likeness (QED) is 0.400. The number of thioether (sulfide) groups is 1. The van der Waals surface area contributed by atoms with Gasteiger partial charge in [0.1, 0.15) is 0 Å². The Kier molecular flexibility index (Phi) is 4.69. The molecule has 7 heteroatoms. The molecular formula is C21H22N4S3. The molecule has 1 saturated heterocycles. The Morgan fingerprint density at radius 1 is 0.857 bits per heavy atom. The standard InChI is InChI=1S/C21H22N4S3/c1-13-10-14(2)19-17(11-13)23-21(28-19)25-8-6-24(7-9-25)20-22-16-5-4-15(26-3)12-18(16)27-20/h4-5,10-12H,6-9H2,1-3H3. The van der Waals surface area contributed by atoms with E-state index in [9.17, 15) is 0 Å². The third-order valence-electron chi connectivity index (χ3n) is 5.21. The molecule has 0 spiro atoms. The average molecular weight is 427 g/mol. The highest BCUT2D eigenvalue weighted by Crippen LogP contribution is 2.35. The molecule has 28 heavy (non-hydrogen) atoms. The van der Waals surface area contributed by atoms with Crippen LogP contribution in [0.5, 0.6) is 0 Å². The lowest BCUT2D eigenvalue weighted by atomic mass is 10.1. The summed E-state index contributed by atoms with van der Waals surface area (Å²) >= 11 is 5.42. The molecule has 0 amide bonds. The number of hydrogen-bond donors (Lipinski definition) is 0. The van der Waals surface area contributed by atoms with Crippen molar-refractivity contribution < 1.29 is 0 Å². The van der Waals surface area contributed by atoms with Crippen molar-refractivity contribution in [3.63, 3.8) is 0 Å². The lowest BCUT2D eigenvalue weighted by Crippen LogP contribution is -2.46. The largest absolute Gasteiger partial charge is 0.345 e. The summed E-state index contributed by atoms with van der Waals surface area (Å²) < 4.78 is 2.60. The van der Waals surface area contributed by atoms with Crippen molar-refractivity contribution in [3.8, 4) is 0 Å².